The highest BCUT2D eigenvalue weighted by Crippen LogP contribution is 2.38. The molecule has 4 nitrogen and oxygen atoms in total. The molecule has 0 aliphatic rings. The van der Waals surface area contributed by atoms with Gasteiger partial charge in [0.25, 0.3) is 0 Å². The average Bonchev–Trinajstić information content (AvgIpc) is 3.59. The van der Waals surface area contributed by atoms with E-state index in [1.807, 2.05) is 97.1 Å². The summed E-state index contributed by atoms with van der Waals surface area (Å²) in [4.78, 5) is 14.7. The Balaban J connectivity index is 1.42. The SMILES string of the molecule is [2H]c1c([2H])c([2H])c2c(c1[2H])c([2H])c(-c1nc(-c3ccc(-c4ccccc4)cc3)nc(-c3cccc4oc5ccccc5c34)n1)c1c([2H])c([2H])c([2H])c([2H])c12. The Morgan fingerprint density at radius 3 is 1.91 bits per heavy atom. The number of fused-ring (bicyclic) bond motifs is 6. The van der Waals surface area contributed by atoms with E-state index in [0.717, 1.165) is 21.9 Å². The monoisotopic (exact) mass is 584 g/mol. The van der Waals surface area contributed by atoms with Crippen LogP contribution in [0.4, 0.5) is 0 Å². The minimum absolute atomic E-state index is 0.110. The first-order chi connectivity index (χ1) is 26.0. The molecule has 0 unspecified atom stereocenters. The summed E-state index contributed by atoms with van der Waals surface area (Å²) in [7, 11) is 0. The lowest BCUT2D eigenvalue weighted by atomic mass is 9.96. The summed E-state index contributed by atoms with van der Waals surface area (Å²) in [6, 6.07) is 25.7. The summed E-state index contributed by atoms with van der Waals surface area (Å²) in [6.45, 7) is 0. The summed E-state index contributed by atoms with van der Waals surface area (Å²) in [5.74, 6) is 0.298. The van der Waals surface area contributed by atoms with E-state index >= 15 is 0 Å². The van der Waals surface area contributed by atoms with Crippen molar-refractivity contribution in [3.63, 3.8) is 0 Å². The predicted molar refractivity (Wildman–Crippen MR) is 184 cm³/mol. The number of benzene rings is 7. The van der Waals surface area contributed by atoms with Gasteiger partial charge in [-0.05, 0) is 50.8 Å². The maximum Gasteiger partial charge on any atom is 0.164 e. The highest BCUT2D eigenvalue weighted by atomic mass is 16.3. The molecule has 45 heavy (non-hydrogen) atoms. The molecule has 210 valence electrons. The third-order valence-electron chi connectivity index (χ3n) is 7.88. The molecule has 0 bridgehead atoms. The van der Waals surface area contributed by atoms with E-state index in [1.54, 1.807) is 0 Å². The van der Waals surface area contributed by atoms with E-state index in [4.69, 9.17) is 30.3 Å². The predicted octanol–water partition coefficient (Wildman–Crippen LogP) is 10.7. The fraction of sp³-hybridized carbons (Fsp3) is 0. The summed E-state index contributed by atoms with van der Waals surface area (Å²) in [6.07, 6.45) is 0. The topological polar surface area (TPSA) is 51.8 Å². The van der Waals surface area contributed by atoms with Crippen LogP contribution < -0.4 is 0 Å². The zero-order valence-corrected chi connectivity index (χ0v) is 23.5. The molecule has 0 saturated heterocycles. The lowest BCUT2D eigenvalue weighted by Crippen LogP contribution is -2.01. The van der Waals surface area contributed by atoms with Gasteiger partial charge in [-0.15, -0.1) is 0 Å². The van der Waals surface area contributed by atoms with E-state index in [1.165, 1.54) is 0 Å². The molecule has 9 aromatic rings. The molecule has 0 aliphatic heterocycles. The minimum atomic E-state index is -0.586. The zero-order valence-electron chi connectivity index (χ0n) is 32.5. The number of aromatic nitrogens is 3. The maximum atomic E-state index is 9.53. The first kappa shape index (κ1) is 17.9. The molecular weight excluding hydrogens is 550 g/mol. The largest absolute Gasteiger partial charge is 0.456 e. The second-order valence-corrected chi connectivity index (χ2v) is 10.5. The van der Waals surface area contributed by atoms with Gasteiger partial charge in [0.05, 0.1) is 12.3 Å². The number of furan rings is 1. The van der Waals surface area contributed by atoms with Crippen molar-refractivity contribution in [3.05, 3.63) is 151 Å². The minimum Gasteiger partial charge on any atom is -0.456 e. The Labute approximate surface area is 271 Å². The van der Waals surface area contributed by atoms with Gasteiger partial charge >= 0.3 is 0 Å². The van der Waals surface area contributed by atoms with Gasteiger partial charge in [-0.3, -0.25) is 0 Å². The van der Waals surface area contributed by atoms with Crippen molar-refractivity contribution >= 4 is 43.5 Å². The van der Waals surface area contributed by atoms with Gasteiger partial charge in [-0.1, -0.05) is 133 Å². The molecule has 0 spiro atoms. The van der Waals surface area contributed by atoms with Crippen LogP contribution in [0, 0.1) is 0 Å². The quantitative estimate of drug-likeness (QED) is 0.193. The van der Waals surface area contributed by atoms with Gasteiger partial charge in [-0.25, -0.2) is 15.0 Å². The number of rotatable bonds is 4. The third kappa shape index (κ3) is 4.27. The van der Waals surface area contributed by atoms with E-state index in [0.29, 0.717) is 22.3 Å². The number of para-hydroxylation sites is 1. The molecule has 0 saturated carbocycles. The zero-order chi connectivity index (χ0) is 37.6. The summed E-state index contributed by atoms with van der Waals surface area (Å²) >= 11 is 0. The van der Waals surface area contributed by atoms with Crippen molar-refractivity contribution in [3.8, 4) is 45.3 Å². The third-order valence-corrected chi connectivity index (χ3v) is 7.88. The molecular formula is C41H25N3O. The number of hydrogen-bond donors (Lipinski definition) is 0. The van der Waals surface area contributed by atoms with Gasteiger partial charge in [0.15, 0.2) is 17.5 Å². The molecule has 9 rings (SSSR count). The molecule has 2 heterocycles. The standard InChI is InChI=1S/C41H25N3O/c1-2-11-26(12-3-1)27-21-23-28(24-22-27)39-42-40(34-18-10-20-37-38(34)33-17-8-9-19-36(33)45-37)44-41(43-39)35-25-29-13-4-5-14-30(29)31-15-6-7-16-32(31)35/h1-25H/i4D,5D,6D,7D,13D,14D,15D,16D,25D. The number of hydrogen-bond acceptors (Lipinski definition) is 4. The van der Waals surface area contributed by atoms with Crippen LogP contribution in [0.2, 0.25) is 0 Å². The molecule has 4 heteroatoms. The molecule has 7 aromatic carbocycles. The fourth-order valence-corrected chi connectivity index (χ4v) is 5.78. The maximum absolute atomic E-state index is 9.53. The first-order valence-corrected chi connectivity index (χ1v) is 14.3. The van der Waals surface area contributed by atoms with Crippen LogP contribution in [-0.4, -0.2) is 15.0 Å². The van der Waals surface area contributed by atoms with Crippen molar-refractivity contribution in [2.45, 2.75) is 0 Å². The van der Waals surface area contributed by atoms with Gasteiger partial charge in [0, 0.05) is 27.5 Å². The average molecular weight is 585 g/mol. The van der Waals surface area contributed by atoms with Crippen molar-refractivity contribution < 1.29 is 16.8 Å². The molecule has 0 radical (unpaired) electrons. The van der Waals surface area contributed by atoms with Crippen molar-refractivity contribution in [2.24, 2.45) is 0 Å². The Morgan fingerprint density at radius 2 is 1.07 bits per heavy atom. The van der Waals surface area contributed by atoms with Crippen LogP contribution in [-0.2, 0) is 0 Å². The normalized spacial score (nSPS) is 14.4. The lowest BCUT2D eigenvalue weighted by Gasteiger charge is -2.13. The molecule has 2 aromatic heterocycles. The van der Waals surface area contributed by atoms with Crippen molar-refractivity contribution in [2.75, 3.05) is 0 Å². The smallest absolute Gasteiger partial charge is 0.164 e. The van der Waals surface area contributed by atoms with Crippen LogP contribution in [0.5, 0.6) is 0 Å². The Morgan fingerprint density at radius 1 is 0.444 bits per heavy atom. The molecule has 0 fully saturated rings. The van der Waals surface area contributed by atoms with Crippen LogP contribution >= 0.6 is 0 Å². The van der Waals surface area contributed by atoms with E-state index < -0.39 is 54.4 Å². The summed E-state index contributed by atoms with van der Waals surface area (Å²) in [5.41, 5.74) is 4.29. The Hall–Kier alpha value is -6.13. The lowest BCUT2D eigenvalue weighted by molar-refractivity contribution is 0.669. The molecule has 0 amide bonds. The number of nitrogens with zero attached hydrogens (tertiary/aromatic N) is 3. The molecule has 0 atom stereocenters. The van der Waals surface area contributed by atoms with Gasteiger partial charge in [0.1, 0.15) is 11.2 Å². The second kappa shape index (κ2) is 10.2. The van der Waals surface area contributed by atoms with Crippen LogP contribution in [0.1, 0.15) is 12.3 Å². The molecule has 0 aliphatic carbocycles. The highest BCUT2D eigenvalue weighted by molar-refractivity contribution is 6.14. The van der Waals surface area contributed by atoms with E-state index in [2.05, 4.69) is 0 Å². The van der Waals surface area contributed by atoms with Crippen LogP contribution in [0.15, 0.2) is 156 Å². The fourth-order valence-electron chi connectivity index (χ4n) is 5.78. The van der Waals surface area contributed by atoms with Crippen LogP contribution in [0.3, 0.4) is 0 Å². The summed E-state index contributed by atoms with van der Waals surface area (Å²) < 4.78 is 85.3. The second-order valence-electron chi connectivity index (χ2n) is 10.5. The van der Waals surface area contributed by atoms with E-state index in [-0.39, 0.29) is 44.6 Å². The summed E-state index contributed by atoms with van der Waals surface area (Å²) in [5, 5.41) is 0.859. The van der Waals surface area contributed by atoms with Crippen molar-refractivity contribution in [1.29, 1.82) is 0 Å². The first-order valence-electron chi connectivity index (χ1n) is 18.8. The van der Waals surface area contributed by atoms with Gasteiger partial charge < -0.3 is 4.42 Å². The van der Waals surface area contributed by atoms with Gasteiger partial charge in [0.2, 0.25) is 0 Å². The van der Waals surface area contributed by atoms with E-state index in [9.17, 15) is 1.37 Å². The highest BCUT2D eigenvalue weighted by Gasteiger charge is 2.19. The Kier molecular flexibility index (Phi) is 4.07. The van der Waals surface area contributed by atoms with Crippen molar-refractivity contribution in [1.82, 2.24) is 15.0 Å². The van der Waals surface area contributed by atoms with Gasteiger partial charge in [-0.2, -0.15) is 0 Å². The molecule has 0 N–H and O–H groups in total. The van der Waals surface area contributed by atoms with Crippen LogP contribution in [0.25, 0.3) is 88.8 Å². The Bertz CT molecular complexity index is 3040.